The summed E-state index contributed by atoms with van der Waals surface area (Å²) >= 11 is 0. The number of rotatable bonds is 3. The first kappa shape index (κ1) is 17.0. The van der Waals surface area contributed by atoms with Crippen molar-refractivity contribution in [2.45, 2.75) is 26.2 Å². The van der Waals surface area contributed by atoms with Crippen molar-refractivity contribution in [2.24, 2.45) is 0 Å². The van der Waals surface area contributed by atoms with E-state index in [2.05, 4.69) is 10.3 Å². The Morgan fingerprint density at radius 2 is 1.88 bits per heavy atom. The lowest BCUT2D eigenvalue weighted by Crippen LogP contribution is -2.24. The highest BCUT2D eigenvalue weighted by Crippen LogP contribution is 2.27. The third-order valence-electron chi connectivity index (χ3n) is 4.48. The Morgan fingerprint density at radius 1 is 1.16 bits per heavy atom. The lowest BCUT2D eigenvalue weighted by molar-refractivity contribution is 0.0828. The van der Waals surface area contributed by atoms with Gasteiger partial charge in [-0.05, 0) is 37.5 Å². The summed E-state index contributed by atoms with van der Waals surface area (Å²) in [7, 11) is 3.32. The second-order valence-electron chi connectivity index (χ2n) is 6.45. The van der Waals surface area contributed by atoms with Gasteiger partial charge in [-0.25, -0.2) is 0 Å². The van der Waals surface area contributed by atoms with Crippen molar-refractivity contribution in [3.8, 4) is 0 Å². The second-order valence-corrected chi connectivity index (χ2v) is 6.45. The fraction of sp³-hybridized carbons (Fsp3) is 0.316. The molecule has 3 rings (SSSR count). The van der Waals surface area contributed by atoms with E-state index in [1.165, 1.54) is 4.90 Å². The molecule has 0 atom stereocenters. The molecule has 2 N–H and O–H groups in total. The van der Waals surface area contributed by atoms with Gasteiger partial charge < -0.3 is 15.2 Å². The third-order valence-corrected chi connectivity index (χ3v) is 4.48. The molecule has 2 aromatic rings. The van der Waals surface area contributed by atoms with Crippen molar-refractivity contribution in [1.29, 1.82) is 0 Å². The fourth-order valence-corrected chi connectivity index (χ4v) is 3.21. The number of anilines is 1. The van der Waals surface area contributed by atoms with Crippen molar-refractivity contribution in [3.63, 3.8) is 0 Å². The minimum atomic E-state index is -0.348. The standard InChI is InChI=1S/C19H21N3O3/c1-11-16-14(9-6-10-15(16)23)20-17(11)18(24)21-13-8-5-4-7-12(13)19(25)22(2)3/h4-5,7-8,20H,6,9-10H2,1-3H3,(H,21,24). The van der Waals surface area contributed by atoms with Gasteiger partial charge in [0, 0.05) is 31.8 Å². The molecular formula is C19H21N3O3. The number of H-pyrrole nitrogens is 1. The number of hydrogen-bond acceptors (Lipinski definition) is 3. The highest BCUT2D eigenvalue weighted by molar-refractivity contribution is 6.11. The minimum Gasteiger partial charge on any atom is -0.354 e. The van der Waals surface area contributed by atoms with Crippen molar-refractivity contribution in [3.05, 3.63) is 52.3 Å². The zero-order chi connectivity index (χ0) is 18.1. The first-order valence-electron chi connectivity index (χ1n) is 8.26. The van der Waals surface area contributed by atoms with Gasteiger partial charge in [-0.15, -0.1) is 0 Å². The van der Waals surface area contributed by atoms with Crippen molar-refractivity contribution in [2.75, 3.05) is 19.4 Å². The molecule has 1 aromatic carbocycles. The van der Waals surface area contributed by atoms with E-state index in [0.717, 1.165) is 18.5 Å². The maximum Gasteiger partial charge on any atom is 0.272 e. The molecule has 2 amide bonds. The summed E-state index contributed by atoms with van der Waals surface area (Å²) in [6.45, 7) is 1.78. The average molecular weight is 339 g/mol. The molecule has 0 saturated carbocycles. The van der Waals surface area contributed by atoms with Gasteiger partial charge in [-0.3, -0.25) is 14.4 Å². The van der Waals surface area contributed by atoms with E-state index in [1.807, 2.05) is 0 Å². The largest absolute Gasteiger partial charge is 0.354 e. The molecule has 130 valence electrons. The van der Waals surface area contributed by atoms with Crippen molar-refractivity contribution in [1.82, 2.24) is 9.88 Å². The van der Waals surface area contributed by atoms with E-state index in [-0.39, 0.29) is 17.6 Å². The van der Waals surface area contributed by atoms with Crippen LogP contribution in [-0.2, 0) is 6.42 Å². The molecule has 0 unspecified atom stereocenters. The Hall–Kier alpha value is -2.89. The van der Waals surface area contributed by atoms with Gasteiger partial charge in [-0.2, -0.15) is 0 Å². The van der Waals surface area contributed by atoms with Crippen LogP contribution < -0.4 is 5.32 Å². The molecule has 0 saturated heterocycles. The molecule has 0 aliphatic heterocycles. The smallest absolute Gasteiger partial charge is 0.272 e. The van der Waals surface area contributed by atoms with Gasteiger partial charge in [0.1, 0.15) is 5.69 Å². The average Bonchev–Trinajstić information content (AvgIpc) is 2.93. The number of carbonyl (C=O) groups excluding carboxylic acids is 3. The lowest BCUT2D eigenvalue weighted by atomic mass is 9.94. The second kappa shape index (κ2) is 6.55. The molecular weight excluding hydrogens is 318 g/mol. The Morgan fingerprint density at radius 3 is 2.56 bits per heavy atom. The molecule has 0 bridgehead atoms. The Bertz CT molecular complexity index is 865. The molecule has 0 spiro atoms. The minimum absolute atomic E-state index is 0.0808. The van der Waals surface area contributed by atoms with Crippen LogP contribution in [0.25, 0.3) is 0 Å². The molecule has 0 fully saturated rings. The molecule has 6 heteroatoms. The van der Waals surface area contributed by atoms with E-state index in [1.54, 1.807) is 45.3 Å². The zero-order valence-electron chi connectivity index (χ0n) is 14.6. The van der Waals surface area contributed by atoms with Crippen LogP contribution >= 0.6 is 0 Å². The first-order valence-corrected chi connectivity index (χ1v) is 8.26. The number of hydrogen-bond donors (Lipinski definition) is 2. The molecule has 6 nitrogen and oxygen atoms in total. The number of carbonyl (C=O) groups is 3. The highest BCUT2D eigenvalue weighted by Gasteiger charge is 2.26. The third kappa shape index (κ3) is 3.07. The van der Waals surface area contributed by atoms with Crippen LogP contribution in [0.15, 0.2) is 24.3 Å². The number of aromatic amines is 1. The number of fused-ring (bicyclic) bond motifs is 1. The van der Waals surface area contributed by atoms with Crippen LogP contribution in [0, 0.1) is 6.92 Å². The fourth-order valence-electron chi connectivity index (χ4n) is 3.21. The molecule has 1 aromatic heterocycles. The number of amides is 2. The Balaban J connectivity index is 1.92. The number of aromatic nitrogens is 1. The monoisotopic (exact) mass is 339 g/mol. The Kier molecular flexibility index (Phi) is 4.44. The quantitative estimate of drug-likeness (QED) is 0.902. The molecule has 0 radical (unpaired) electrons. The molecule has 25 heavy (non-hydrogen) atoms. The van der Waals surface area contributed by atoms with Crippen LogP contribution in [0.1, 0.15) is 55.3 Å². The van der Waals surface area contributed by atoms with Gasteiger partial charge in [0.15, 0.2) is 5.78 Å². The summed E-state index contributed by atoms with van der Waals surface area (Å²) < 4.78 is 0. The van der Waals surface area contributed by atoms with Gasteiger partial charge >= 0.3 is 0 Å². The van der Waals surface area contributed by atoms with E-state index >= 15 is 0 Å². The zero-order valence-corrected chi connectivity index (χ0v) is 14.6. The van der Waals surface area contributed by atoms with E-state index in [9.17, 15) is 14.4 Å². The number of nitrogens with zero attached hydrogens (tertiary/aromatic N) is 1. The summed E-state index contributed by atoms with van der Waals surface area (Å²) in [4.78, 5) is 41.7. The molecule has 1 aliphatic carbocycles. The van der Waals surface area contributed by atoms with Crippen molar-refractivity contribution >= 4 is 23.3 Å². The number of benzene rings is 1. The normalized spacial score (nSPS) is 13.3. The van der Waals surface area contributed by atoms with Crippen LogP contribution in [0.2, 0.25) is 0 Å². The van der Waals surface area contributed by atoms with Gasteiger partial charge in [0.25, 0.3) is 11.8 Å². The number of para-hydroxylation sites is 1. The summed E-state index contributed by atoms with van der Waals surface area (Å²) in [5, 5.41) is 2.80. The van der Waals surface area contributed by atoms with Gasteiger partial charge in [0.05, 0.1) is 11.3 Å². The van der Waals surface area contributed by atoms with E-state index in [0.29, 0.717) is 34.5 Å². The topological polar surface area (TPSA) is 82.3 Å². The number of ketones is 1. The van der Waals surface area contributed by atoms with E-state index in [4.69, 9.17) is 0 Å². The summed E-state index contributed by atoms with van der Waals surface area (Å²) in [5.41, 5.74) is 3.40. The maximum absolute atomic E-state index is 12.7. The lowest BCUT2D eigenvalue weighted by Gasteiger charge is -2.14. The van der Waals surface area contributed by atoms with Crippen LogP contribution in [0.3, 0.4) is 0 Å². The SMILES string of the molecule is Cc1c(C(=O)Nc2ccccc2C(=O)N(C)C)[nH]c2c1C(=O)CCC2. The van der Waals surface area contributed by atoms with E-state index < -0.39 is 0 Å². The first-order chi connectivity index (χ1) is 11.9. The van der Waals surface area contributed by atoms with Gasteiger partial charge in [0.2, 0.25) is 0 Å². The van der Waals surface area contributed by atoms with Crippen molar-refractivity contribution < 1.29 is 14.4 Å². The number of nitrogens with one attached hydrogen (secondary N) is 2. The maximum atomic E-state index is 12.7. The number of aryl methyl sites for hydroxylation is 1. The van der Waals surface area contributed by atoms with Crippen LogP contribution in [0.5, 0.6) is 0 Å². The highest BCUT2D eigenvalue weighted by atomic mass is 16.2. The summed E-state index contributed by atoms with van der Waals surface area (Å²) in [5.74, 6) is -0.454. The summed E-state index contributed by atoms with van der Waals surface area (Å²) in [6, 6.07) is 6.88. The summed E-state index contributed by atoms with van der Waals surface area (Å²) in [6.07, 6.45) is 2.09. The van der Waals surface area contributed by atoms with Gasteiger partial charge in [-0.1, -0.05) is 12.1 Å². The predicted molar refractivity (Wildman–Crippen MR) is 95.2 cm³/mol. The van der Waals surface area contributed by atoms with Crippen LogP contribution in [0.4, 0.5) is 5.69 Å². The predicted octanol–water partition coefficient (Wildman–Crippen LogP) is 2.80. The molecule has 1 aliphatic rings. The number of Topliss-reactive ketones (excluding diaryl/α,β-unsaturated/α-hetero) is 1. The van der Waals surface area contributed by atoms with Crippen LogP contribution in [-0.4, -0.2) is 41.6 Å². The Labute approximate surface area is 146 Å². The molecule has 1 heterocycles.